The third-order valence-corrected chi connectivity index (χ3v) is 2.46. The van der Waals surface area contributed by atoms with Crippen LogP contribution in [0, 0.1) is 12.8 Å². The summed E-state index contributed by atoms with van der Waals surface area (Å²) < 4.78 is 5.55. The van der Waals surface area contributed by atoms with E-state index in [1.807, 2.05) is 13.8 Å². The maximum Gasteiger partial charge on any atom is 0.316 e. The zero-order valence-electron chi connectivity index (χ0n) is 9.69. The van der Waals surface area contributed by atoms with E-state index in [0.29, 0.717) is 11.9 Å². The molecular weight excluding hydrogens is 192 g/mol. The van der Waals surface area contributed by atoms with Crippen LogP contribution < -0.4 is 4.74 Å². The molecule has 0 aliphatic carbocycles. The van der Waals surface area contributed by atoms with Gasteiger partial charge in [0.2, 0.25) is 0 Å². The van der Waals surface area contributed by atoms with Crippen molar-refractivity contribution in [1.29, 1.82) is 0 Å². The molecule has 0 saturated carbocycles. The van der Waals surface area contributed by atoms with Gasteiger partial charge in [-0.2, -0.15) is 0 Å². The monoisotopic (exact) mass is 210 g/mol. The molecule has 0 amide bonds. The molecule has 0 fully saturated rings. The molecule has 1 N–H and O–H groups in total. The van der Waals surface area contributed by atoms with E-state index in [0.717, 1.165) is 11.3 Å². The molecule has 0 aromatic carbocycles. The van der Waals surface area contributed by atoms with Gasteiger partial charge in [0.1, 0.15) is 6.10 Å². The van der Waals surface area contributed by atoms with Crippen LogP contribution in [0.4, 0.5) is 0 Å². The molecule has 4 heteroatoms. The van der Waals surface area contributed by atoms with Gasteiger partial charge < -0.3 is 9.84 Å². The number of hydrogen-bond donors (Lipinski definition) is 1. The fourth-order valence-corrected chi connectivity index (χ4v) is 0.985. The number of rotatable bonds is 4. The highest BCUT2D eigenvalue weighted by atomic mass is 16.5. The Morgan fingerprint density at radius 2 is 2.07 bits per heavy atom. The number of ether oxygens (including phenoxy) is 1. The summed E-state index contributed by atoms with van der Waals surface area (Å²) in [6.45, 7) is 7.95. The highest BCUT2D eigenvalue weighted by Gasteiger charge is 2.11. The first-order chi connectivity index (χ1) is 7.04. The van der Waals surface area contributed by atoms with Crippen molar-refractivity contribution in [3.05, 3.63) is 17.5 Å². The number of hydrogen-bond acceptors (Lipinski definition) is 4. The largest absolute Gasteiger partial charge is 0.460 e. The second-order valence-corrected chi connectivity index (χ2v) is 3.99. The molecule has 15 heavy (non-hydrogen) atoms. The van der Waals surface area contributed by atoms with Crippen molar-refractivity contribution >= 4 is 0 Å². The summed E-state index contributed by atoms with van der Waals surface area (Å²) in [6.07, 6.45) is 1.69. The Hall–Kier alpha value is -1.16. The van der Waals surface area contributed by atoms with Crippen LogP contribution in [0.15, 0.2) is 6.20 Å². The lowest BCUT2D eigenvalue weighted by Crippen LogP contribution is -2.20. The highest BCUT2D eigenvalue weighted by molar-refractivity contribution is 5.16. The average molecular weight is 210 g/mol. The number of nitrogens with zero attached hydrogens (tertiary/aromatic N) is 2. The summed E-state index contributed by atoms with van der Waals surface area (Å²) in [7, 11) is 0. The predicted octanol–water partition coefficient (Wildman–Crippen LogP) is 1.70. The maximum atomic E-state index is 8.96. The minimum Gasteiger partial charge on any atom is -0.460 e. The molecule has 1 unspecified atom stereocenters. The van der Waals surface area contributed by atoms with Crippen LogP contribution in [-0.4, -0.2) is 21.2 Å². The molecule has 1 heterocycles. The van der Waals surface area contributed by atoms with Crippen molar-refractivity contribution in [2.75, 3.05) is 0 Å². The molecular formula is C11H18N2O2. The molecule has 0 radical (unpaired) electrons. The Kier molecular flexibility index (Phi) is 4.03. The zero-order chi connectivity index (χ0) is 11.4. The van der Waals surface area contributed by atoms with Gasteiger partial charge in [-0.3, -0.25) is 0 Å². The van der Waals surface area contributed by atoms with E-state index in [4.69, 9.17) is 9.84 Å². The zero-order valence-corrected chi connectivity index (χ0v) is 9.69. The first-order valence-corrected chi connectivity index (χ1v) is 5.14. The lowest BCUT2D eigenvalue weighted by atomic mass is 10.1. The molecule has 0 aliphatic heterocycles. The summed E-state index contributed by atoms with van der Waals surface area (Å²) in [5, 5.41) is 8.96. The van der Waals surface area contributed by atoms with Crippen LogP contribution in [0.1, 0.15) is 32.0 Å². The van der Waals surface area contributed by atoms with E-state index in [1.165, 1.54) is 0 Å². The Labute approximate surface area is 90.3 Å². The van der Waals surface area contributed by atoms with Gasteiger partial charge in [0.05, 0.1) is 12.3 Å². The van der Waals surface area contributed by atoms with Crippen LogP contribution in [0.5, 0.6) is 6.01 Å². The van der Waals surface area contributed by atoms with Crippen molar-refractivity contribution in [1.82, 2.24) is 9.97 Å². The molecule has 84 valence electrons. The van der Waals surface area contributed by atoms with Gasteiger partial charge in [-0.1, -0.05) is 13.8 Å². The fraction of sp³-hybridized carbons (Fsp3) is 0.636. The number of aliphatic hydroxyl groups excluding tert-OH is 1. The Morgan fingerprint density at radius 3 is 2.53 bits per heavy atom. The third-order valence-electron chi connectivity index (χ3n) is 2.46. The van der Waals surface area contributed by atoms with E-state index in [-0.39, 0.29) is 12.7 Å². The molecule has 1 atom stereocenters. The maximum absolute atomic E-state index is 8.96. The Bertz CT molecular complexity index is 326. The summed E-state index contributed by atoms with van der Waals surface area (Å²) in [5.74, 6) is 0.423. The van der Waals surface area contributed by atoms with Crippen LogP contribution in [0.2, 0.25) is 0 Å². The second-order valence-electron chi connectivity index (χ2n) is 3.99. The molecule has 1 aromatic rings. The summed E-state index contributed by atoms with van der Waals surface area (Å²) in [6, 6.07) is 0.380. The van der Waals surface area contributed by atoms with Gasteiger partial charge in [-0.25, -0.2) is 9.97 Å². The fourth-order valence-electron chi connectivity index (χ4n) is 0.985. The summed E-state index contributed by atoms with van der Waals surface area (Å²) in [4.78, 5) is 8.21. The minimum atomic E-state index is -0.0359. The quantitative estimate of drug-likeness (QED) is 0.821. The van der Waals surface area contributed by atoms with Crippen molar-refractivity contribution < 1.29 is 9.84 Å². The summed E-state index contributed by atoms with van der Waals surface area (Å²) >= 11 is 0. The van der Waals surface area contributed by atoms with E-state index in [9.17, 15) is 0 Å². The standard InChI is InChI=1S/C11H18N2O2/c1-7(2)9(4)15-11-12-5-10(6-14)8(3)13-11/h5,7,9,14H,6H2,1-4H3. The van der Waals surface area contributed by atoms with Gasteiger partial charge in [0, 0.05) is 11.8 Å². The Morgan fingerprint density at radius 1 is 1.40 bits per heavy atom. The molecule has 0 spiro atoms. The smallest absolute Gasteiger partial charge is 0.316 e. The normalized spacial score (nSPS) is 12.9. The number of aliphatic hydroxyl groups is 1. The molecule has 1 rings (SSSR count). The second kappa shape index (κ2) is 5.07. The first-order valence-electron chi connectivity index (χ1n) is 5.14. The van der Waals surface area contributed by atoms with E-state index >= 15 is 0 Å². The highest BCUT2D eigenvalue weighted by Crippen LogP contribution is 2.12. The van der Waals surface area contributed by atoms with Crippen molar-refractivity contribution in [3.8, 4) is 6.01 Å². The van der Waals surface area contributed by atoms with Crippen LogP contribution in [-0.2, 0) is 6.61 Å². The summed E-state index contributed by atoms with van der Waals surface area (Å²) in [5.41, 5.74) is 1.50. The van der Waals surface area contributed by atoms with Crippen LogP contribution in [0.3, 0.4) is 0 Å². The molecule has 1 aromatic heterocycles. The number of aromatic nitrogens is 2. The molecule has 0 saturated heterocycles. The Balaban J connectivity index is 2.75. The molecule has 0 aliphatic rings. The van der Waals surface area contributed by atoms with E-state index in [2.05, 4.69) is 23.8 Å². The van der Waals surface area contributed by atoms with Crippen molar-refractivity contribution in [3.63, 3.8) is 0 Å². The van der Waals surface area contributed by atoms with Crippen molar-refractivity contribution in [2.45, 2.75) is 40.4 Å². The van der Waals surface area contributed by atoms with Gasteiger partial charge >= 0.3 is 6.01 Å². The third kappa shape index (κ3) is 3.16. The van der Waals surface area contributed by atoms with Crippen molar-refractivity contribution in [2.24, 2.45) is 5.92 Å². The van der Waals surface area contributed by atoms with Gasteiger partial charge in [-0.15, -0.1) is 0 Å². The number of aryl methyl sites for hydroxylation is 1. The minimum absolute atomic E-state index is 0.0359. The van der Waals surface area contributed by atoms with E-state index in [1.54, 1.807) is 6.20 Å². The molecule has 0 bridgehead atoms. The van der Waals surface area contributed by atoms with E-state index < -0.39 is 0 Å². The van der Waals surface area contributed by atoms with Crippen LogP contribution in [0.25, 0.3) is 0 Å². The molecule has 4 nitrogen and oxygen atoms in total. The first kappa shape index (κ1) is 11.9. The van der Waals surface area contributed by atoms with Gasteiger partial charge in [0.15, 0.2) is 0 Å². The SMILES string of the molecule is Cc1nc(OC(C)C(C)C)ncc1CO. The van der Waals surface area contributed by atoms with Gasteiger partial charge in [-0.05, 0) is 19.8 Å². The van der Waals surface area contributed by atoms with Crippen LogP contribution >= 0.6 is 0 Å². The topological polar surface area (TPSA) is 55.2 Å². The lowest BCUT2D eigenvalue weighted by Gasteiger charge is -2.16. The average Bonchev–Trinajstić information content (AvgIpc) is 2.18. The van der Waals surface area contributed by atoms with Gasteiger partial charge in [0.25, 0.3) is 0 Å². The lowest BCUT2D eigenvalue weighted by molar-refractivity contribution is 0.155. The predicted molar refractivity (Wildman–Crippen MR) is 57.6 cm³/mol.